The summed E-state index contributed by atoms with van der Waals surface area (Å²) in [5.41, 5.74) is -0.359. The number of carbonyl (C=O) groups is 2. The van der Waals surface area contributed by atoms with E-state index in [-0.39, 0.29) is 34.1 Å². The number of hydrogen-bond acceptors (Lipinski definition) is 10. The van der Waals surface area contributed by atoms with Crippen LogP contribution in [0.2, 0.25) is 0 Å². The average molecular weight is 691 g/mol. The predicted molar refractivity (Wildman–Crippen MR) is 179 cm³/mol. The molecular formula is C35H39FN6O6S. The maximum absolute atomic E-state index is 15.4. The second-order valence-corrected chi connectivity index (χ2v) is 14.2. The summed E-state index contributed by atoms with van der Waals surface area (Å²) in [4.78, 5) is 34.4. The number of nitrogens with one attached hydrogen (secondary N) is 1. The van der Waals surface area contributed by atoms with Gasteiger partial charge in [-0.1, -0.05) is 18.2 Å². The summed E-state index contributed by atoms with van der Waals surface area (Å²) in [6, 6.07) is 15.9. The lowest BCUT2D eigenvalue weighted by atomic mass is 9.73. The van der Waals surface area contributed by atoms with E-state index in [0.717, 1.165) is 38.1 Å². The lowest BCUT2D eigenvalue weighted by molar-refractivity contribution is -0.137. The number of anilines is 1. The van der Waals surface area contributed by atoms with Gasteiger partial charge in [-0.05, 0) is 76.3 Å². The molecule has 0 aromatic heterocycles. The fourth-order valence-corrected chi connectivity index (χ4v) is 8.49. The molecular weight excluding hydrogens is 651 g/mol. The first-order chi connectivity index (χ1) is 23.6. The molecule has 14 heteroatoms. The summed E-state index contributed by atoms with van der Waals surface area (Å²) in [6.45, 7) is 6.24. The summed E-state index contributed by atoms with van der Waals surface area (Å²) < 4.78 is 55.5. The van der Waals surface area contributed by atoms with Crippen molar-refractivity contribution in [3.63, 3.8) is 0 Å². The number of nitriles is 1. The Kier molecular flexibility index (Phi) is 9.63. The molecule has 3 aliphatic rings. The van der Waals surface area contributed by atoms with Crippen LogP contribution < -0.4 is 19.2 Å². The van der Waals surface area contributed by atoms with Crippen molar-refractivity contribution in [2.75, 3.05) is 64.3 Å². The van der Waals surface area contributed by atoms with Gasteiger partial charge in [0.05, 0.1) is 29.9 Å². The van der Waals surface area contributed by atoms with Gasteiger partial charge in [0.25, 0.3) is 21.8 Å². The monoisotopic (exact) mass is 690 g/mol. The molecule has 258 valence electrons. The van der Waals surface area contributed by atoms with Crippen LogP contribution in [0.15, 0.2) is 65.6 Å². The number of ether oxygens (including phenoxy) is 2. The topological polar surface area (TPSA) is 136 Å². The zero-order valence-electron chi connectivity index (χ0n) is 27.7. The number of hydrazine groups is 1. The quantitative estimate of drug-likeness (QED) is 0.334. The maximum Gasteiger partial charge on any atom is 0.270 e. The van der Waals surface area contributed by atoms with Crippen LogP contribution in [0.5, 0.6) is 11.5 Å². The van der Waals surface area contributed by atoms with Crippen LogP contribution >= 0.6 is 0 Å². The van der Waals surface area contributed by atoms with E-state index in [1.807, 2.05) is 0 Å². The van der Waals surface area contributed by atoms with Crippen LogP contribution in [0.1, 0.15) is 36.5 Å². The Balaban J connectivity index is 1.46. The maximum atomic E-state index is 15.4. The van der Waals surface area contributed by atoms with E-state index in [4.69, 9.17) is 9.47 Å². The molecule has 0 saturated carbocycles. The molecule has 3 heterocycles. The number of methoxy groups -OCH3 is 1. The minimum atomic E-state index is -4.72. The molecule has 3 aromatic carbocycles. The Hall–Kier alpha value is -4.55. The largest absolute Gasteiger partial charge is 0.497 e. The summed E-state index contributed by atoms with van der Waals surface area (Å²) in [7, 11) is -1.18. The minimum absolute atomic E-state index is 0.0634. The van der Waals surface area contributed by atoms with Gasteiger partial charge < -0.3 is 14.4 Å². The number of hydrogen-bond donors (Lipinski definition) is 1. The Morgan fingerprint density at radius 2 is 1.69 bits per heavy atom. The molecule has 1 N–H and O–H groups in total. The first-order valence-electron chi connectivity index (χ1n) is 16.2. The average Bonchev–Trinajstić information content (AvgIpc) is 3.36. The number of halogens is 1. The first kappa shape index (κ1) is 34.3. The molecule has 2 fully saturated rings. The predicted octanol–water partition coefficient (Wildman–Crippen LogP) is 2.87. The molecule has 6 rings (SSSR count). The minimum Gasteiger partial charge on any atom is -0.497 e. The highest BCUT2D eigenvalue weighted by molar-refractivity contribution is 7.93. The molecule has 2 amide bonds. The van der Waals surface area contributed by atoms with E-state index < -0.39 is 38.6 Å². The number of amides is 2. The van der Waals surface area contributed by atoms with Crippen molar-refractivity contribution in [2.24, 2.45) is 0 Å². The van der Waals surface area contributed by atoms with Gasteiger partial charge in [0, 0.05) is 49.4 Å². The number of piperidine rings is 1. The van der Waals surface area contributed by atoms with E-state index >= 15 is 9.18 Å². The van der Waals surface area contributed by atoms with Crippen molar-refractivity contribution in [3.8, 4) is 17.6 Å². The SMILES string of the molecule is CCOc1ccccc1C1(C(=O)NN2CCN(C3CCN(C)CC3)CC2)C(=O)N(S(=O)(=O)c2ccc(OC)cc2)c2cc(F)c(C#N)cc21. The van der Waals surface area contributed by atoms with Gasteiger partial charge in [0.15, 0.2) is 5.41 Å². The van der Waals surface area contributed by atoms with Crippen molar-refractivity contribution in [3.05, 3.63) is 83.2 Å². The fourth-order valence-electron chi connectivity index (χ4n) is 7.03. The standard InChI is InChI=1S/C35H39FN6O6S/c1-4-48-32-8-6-5-7-28(32)35(33(43)38-41-19-17-40(18-20-41)25-13-15-39(2)16-14-25)29-21-24(23-37)30(36)22-31(29)42(34(35)44)49(45,46)27-11-9-26(47-3)10-12-27/h5-12,21-22,25H,4,13-20H2,1-3H3,(H,38,43). The van der Waals surface area contributed by atoms with Crippen LogP contribution in [0.4, 0.5) is 10.1 Å². The highest BCUT2D eigenvalue weighted by atomic mass is 32.2. The molecule has 3 aromatic rings. The van der Waals surface area contributed by atoms with Gasteiger partial charge in [-0.25, -0.2) is 22.1 Å². The van der Waals surface area contributed by atoms with Crippen molar-refractivity contribution in [1.82, 2.24) is 20.2 Å². The lowest BCUT2D eigenvalue weighted by Gasteiger charge is -2.42. The molecule has 3 aliphatic heterocycles. The van der Waals surface area contributed by atoms with Crippen LogP contribution in [0, 0.1) is 17.1 Å². The summed E-state index contributed by atoms with van der Waals surface area (Å²) in [5.74, 6) is -2.49. The van der Waals surface area contributed by atoms with E-state index in [2.05, 4.69) is 22.3 Å². The number of sulfonamides is 1. The molecule has 0 bridgehead atoms. The number of carbonyl (C=O) groups excluding carboxylic acids is 2. The molecule has 2 saturated heterocycles. The normalized spacial score (nSPS) is 20.9. The third-order valence-corrected chi connectivity index (χ3v) is 11.4. The number of likely N-dealkylation sites (tertiary alicyclic amines) is 1. The molecule has 1 atom stereocenters. The smallest absolute Gasteiger partial charge is 0.270 e. The number of rotatable bonds is 9. The van der Waals surface area contributed by atoms with Crippen molar-refractivity contribution in [2.45, 2.75) is 36.1 Å². The van der Waals surface area contributed by atoms with E-state index in [1.165, 1.54) is 37.4 Å². The Bertz CT molecular complexity index is 1890. The van der Waals surface area contributed by atoms with Crippen molar-refractivity contribution in [1.29, 1.82) is 5.26 Å². The highest BCUT2D eigenvalue weighted by Crippen LogP contribution is 2.51. The van der Waals surface area contributed by atoms with E-state index in [9.17, 15) is 18.5 Å². The van der Waals surface area contributed by atoms with Gasteiger partial charge in [-0.2, -0.15) is 5.26 Å². The van der Waals surface area contributed by atoms with Crippen LogP contribution in [-0.4, -0.2) is 101 Å². The Morgan fingerprint density at radius 1 is 1.02 bits per heavy atom. The van der Waals surface area contributed by atoms with E-state index in [1.54, 1.807) is 36.2 Å². The van der Waals surface area contributed by atoms with Crippen molar-refractivity contribution >= 4 is 27.5 Å². The van der Waals surface area contributed by atoms with Gasteiger partial charge in [0.1, 0.15) is 23.4 Å². The second kappa shape index (κ2) is 13.8. The van der Waals surface area contributed by atoms with Gasteiger partial charge in [0.2, 0.25) is 0 Å². The zero-order chi connectivity index (χ0) is 34.9. The fraction of sp³-hybridized carbons (Fsp3) is 0.400. The third kappa shape index (κ3) is 6.01. The third-order valence-electron chi connectivity index (χ3n) is 9.64. The lowest BCUT2D eigenvalue weighted by Crippen LogP contribution is -2.61. The molecule has 0 radical (unpaired) electrons. The van der Waals surface area contributed by atoms with Gasteiger partial charge in [-0.15, -0.1) is 0 Å². The summed E-state index contributed by atoms with van der Waals surface area (Å²) in [5, 5.41) is 11.6. The van der Waals surface area contributed by atoms with Crippen LogP contribution in [0.25, 0.3) is 0 Å². The Morgan fingerprint density at radius 3 is 2.33 bits per heavy atom. The molecule has 0 spiro atoms. The van der Waals surface area contributed by atoms with Crippen molar-refractivity contribution < 1.29 is 31.9 Å². The number of benzene rings is 3. The van der Waals surface area contributed by atoms with Crippen LogP contribution in [-0.2, 0) is 25.0 Å². The first-order valence-corrected chi connectivity index (χ1v) is 17.7. The zero-order valence-corrected chi connectivity index (χ0v) is 28.5. The molecule has 0 aliphatic carbocycles. The van der Waals surface area contributed by atoms with Gasteiger partial charge >= 0.3 is 0 Å². The molecule has 1 unspecified atom stereocenters. The summed E-state index contributed by atoms with van der Waals surface area (Å²) in [6.07, 6.45) is 2.11. The Labute approximate surface area is 285 Å². The highest BCUT2D eigenvalue weighted by Gasteiger charge is 2.62. The number of para-hydroxylation sites is 1. The van der Waals surface area contributed by atoms with Crippen LogP contribution in [0.3, 0.4) is 0 Å². The number of fused-ring (bicyclic) bond motifs is 1. The number of nitrogens with zero attached hydrogens (tertiary/aromatic N) is 5. The molecule has 49 heavy (non-hydrogen) atoms. The molecule has 12 nitrogen and oxygen atoms in total. The summed E-state index contributed by atoms with van der Waals surface area (Å²) >= 11 is 0. The number of piperazine rings is 1. The van der Waals surface area contributed by atoms with Gasteiger partial charge in [-0.3, -0.25) is 19.9 Å². The van der Waals surface area contributed by atoms with E-state index in [0.29, 0.717) is 42.3 Å². The second-order valence-electron chi connectivity index (χ2n) is 12.4.